The maximum atomic E-state index is 13.8. The van der Waals surface area contributed by atoms with Crippen molar-refractivity contribution in [3.05, 3.63) is 47.8 Å². The lowest BCUT2D eigenvalue weighted by molar-refractivity contribution is -0.140. The molecule has 0 bridgehead atoms. The molecule has 0 spiro atoms. The van der Waals surface area contributed by atoms with E-state index in [0.29, 0.717) is 23.6 Å². The highest BCUT2D eigenvalue weighted by molar-refractivity contribution is 5.81. The predicted octanol–water partition coefficient (Wildman–Crippen LogP) is 3.86. The van der Waals surface area contributed by atoms with E-state index >= 15 is 0 Å². The maximum absolute atomic E-state index is 13.8. The monoisotopic (exact) mass is 419 g/mol. The second-order valence-corrected chi connectivity index (χ2v) is 7.34. The van der Waals surface area contributed by atoms with Gasteiger partial charge in [-0.1, -0.05) is 30.3 Å². The number of rotatable bonds is 6. The van der Waals surface area contributed by atoms with Crippen LogP contribution in [0.5, 0.6) is 0 Å². The highest BCUT2D eigenvalue weighted by Crippen LogP contribution is 2.39. The number of halogens is 3. The number of benzene rings is 1. The van der Waals surface area contributed by atoms with Crippen molar-refractivity contribution in [2.45, 2.75) is 19.5 Å². The van der Waals surface area contributed by atoms with Crippen LogP contribution in [-0.2, 0) is 10.9 Å². The van der Waals surface area contributed by atoms with Gasteiger partial charge in [-0.15, -0.1) is 0 Å². The van der Waals surface area contributed by atoms with Crippen LogP contribution < -0.4 is 5.32 Å². The van der Waals surface area contributed by atoms with Crippen molar-refractivity contribution in [1.29, 1.82) is 0 Å². The van der Waals surface area contributed by atoms with Crippen LogP contribution in [0.3, 0.4) is 0 Å². The van der Waals surface area contributed by atoms with Gasteiger partial charge in [0.1, 0.15) is 5.82 Å². The van der Waals surface area contributed by atoms with E-state index in [2.05, 4.69) is 20.3 Å². The van der Waals surface area contributed by atoms with Gasteiger partial charge in [0.05, 0.1) is 18.8 Å². The molecular formula is C21H24F3N5O. The van der Waals surface area contributed by atoms with Crippen LogP contribution in [0.15, 0.2) is 36.4 Å². The van der Waals surface area contributed by atoms with E-state index in [9.17, 15) is 13.2 Å². The second kappa shape index (κ2) is 8.61. The first-order valence-corrected chi connectivity index (χ1v) is 10.0. The Balaban J connectivity index is 1.63. The Bertz CT molecular complexity index is 997. The number of nitrogens with zero attached hydrogens (tertiary/aromatic N) is 4. The molecule has 0 radical (unpaired) electrons. The van der Waals surface area contributed by atoms with Gasteiger partial charge in [-0.2, -0.15) is 22.8 Å². The summed E-state index contributed by atoms with van der Waals surface area (Å²) in [7, 11) is 0. The number of ether oxygens (including phenoxy) is 1. The summed E-state index contributed by atoms with van der Waals surface area (Å²) in [6, 6.07) is 10.2. The Morgan fingerprint density at radius 1 is 1.13 bits per heavy atom. The minimum atomic E-state index is -4.58. The molecule has 1 saturated heterocycles. The summed E-state index contributed by atoms with van der Waals surface area (Å²) in [5.74, 6) is 0.507. The molecule has 0 atom stereocenters. The molecule has 3 heterocycles. The van der Waals surface area contributed by atoms with Gasteiger partial charge in [-0.25, -0.2) is 4.98 Å². The van der Waals surface area contributed by atoms with Gasteiger partial charge in [0.15, 0.2) is 11.3 Å². The third kappa shape index (κ3) is 4.41. The lowest BCUT2D eigenvalue weighted by Gasteiger charge is -2.26. The third-order valence-corrected chi connectivity index (χ3v) is 5.11. The van der Waals surface area contributed by atoms with Crippen molar-refractivity contribution in [3.8, 4) is 11.1 Å². The molecule has 0 saturated carbocycles. The van der Waals surface area contributed by atoms with E-state index in [-0.39, 0.29) is 11.2 Å². The molecule has 30 heavy (non-hydrogen) atoms. The minimum absolute atomic E-state index is 0.00293. The molecule has 0 unspecified atom stereocenters. The number of hydrogen-bond acceptors (Lipinski definition) is 5. The molecule has 160 valence electrons. The summed E-state index contributed by atoms with van der Waals surface area (Å²) in [4.78, 5) is 6.71. The summed E-state index contributed by atoms with van der Waals surface area (Å²) in [6.45, 7) is 6.61. The van der Waals surface area contributed by atoms with Crippen molar-refractivity contribution in [2.24, 2.45) is 0 Å². The fourth-order valence-electron chi connectivity index (χ4n) is 3.68. The largest absolute Gasteiger partial charge is 0.435 e. The van der Waals surface area contributed by atoms with Crippen LogP contribution in [0.4, 0.5) is 19.0 Å². The Kier molecular flexibility index (Phi) is 5.92. The molecule has 4 rings (SSSR count). The summed E-state index contributed by atoms with van der Waals surface area (Å²) in [5, 5.41) is 7.16. The number of morpholine rings is 1. The molecule has 0 aliphatic carbocycles. The van der Waals surface area contributed by atoms with Gasteiger partial charge >= 0.3 is 6.18 Å². The molecular weight excluding hydrogens is 395 g/mol. The van der Waals surface area contributed by atoms with Gasteiger partial charge in [0.25, 0.3) is 0 Å². The number of anilines is 1. The first kappa shape index (κ1) is 20.6. The fraction of sp³-hybridized carbons (Fsp3) is 0.429. The van der Waals surface area contributed by atoms with Crippen molar-refractivity contribution in [3.63, 3.8) is 0 Å². The highest BCUT2D eigenvalue weighted by Gasteiger charge is 2.39. The van der Waals surface area contributed by atoms with E-state index in [1.54, 1.807) is 43.3 Å². The van der Waals surface area contributed by atoms with E-state index in [0.717, 1.165) is 39.3 Å². The molecule has 1 aliphatic rings. The van der Waals surface area contributed by atoms with E-state index in [1.165, 1.54) is 4.52 Å². The Hall–Kier alpha value is -2.65. The normalized spacial score (nSPS) is 15.6. The SMILES string of the molecule is Cc1cc(NCCCN2CCOCC2)n2nc(C(F)(F)F)c(-c3ccccc3)c2n1. The summed E-state index contributed by atoms with van der Waals surface area (Å²) < 4.78 is 47.9. The standard InChI is InChI=1S/C21H24F3N5O/c1-15-14-17(25-8-5-9-28-10-12-30-13-11-28)29-20(26-15)18(16-6-3-2-4-7-16)19(27-29)21(22,23)24/h2-4,6-7,14,25H,5,8-13H2,1H3. The Labute approximate surface area is 172 Å². The zero-order valence-electron chi connectivity index (χ0n) is 16.7. The van der Waals surface area contributed by atoms with Gasteiger partial charge in [0, 0.05) is 31.4 Å². The smallest absolute Gasteiger partial charge is 0.379 e. The molecule has 2 aromatic heterocycles. The molecule has 3 aromatic rings. The zero-order chi connectivity index (χ0) is 21.1. The number of alkyl halides is 3. The van der Waals surface area contributed by atoms with Gasteiger partial charge in [0.2, 0.25) is 0 Å². The Morgan fingerprint density at radius 3 is 2.57 bits per heavy atom. The molecule has 1 aliphatic heterocycles. The van der Waals surface area contributed by atoms with Crippen LogP contribution in [0.2, 0.25) is 0 Å². The van der Waals surface area contributed by atoms with Gasteiger partial charge in [-0.3, -0.25) is 4.90 Å². The van der Waals surface area contributed by atoms with E-state index in [4.69, 9.17) is 4.74 Å². The fourth-order valence-corrected chi connectivity index (χ4v) is 3.68. The summed E-state index contributed by atoms with van der Waals surface area (Å²) in [5.41, 5.74) is 0.343. The molecule has 1 N–H and O–H groups in total. The maximum Gasteiger partial charge on any atom is 0.435 e. The predicted molar refractivity (Wildman–Crippen MR) is 109 cm³/mol. The van der Waals surface area contributed by atoms with Gasteiger partial charge < -0.3 is 10.1 Å². The topological polar surface area (TPSA) is 54.7 Å². The third-order valence-electron chi connectivity index (χ3n) is 5.11. The number of nitrogens with one attached hydrogen (secondary N) is 1. The van der Waals surface area contributed by atoms with Crippen molar-refractivity contribution >= 4 is 11.5 Å². The minimum Gasteiger partial charge on any atom is -0.379 e. The van der Waals surface area contributed by atoms with Crippen molar-refractivity contribution in [1.82, 2.24) is 19.5 Å². The number of fused-ring (bicyclic) bond motifs is 1. The van der Waals surface area contributed by atoms with Crippen LogP contribution in [-0.4, -0.2) is 58.9 Å². The summed E-state index contributed by atoms with van der Waals surface area (Å²) in [6.07, 6.45) is -3.72. The van der Waals surface area contributed by atoms with Crippen LogP contribution in [0.25, 0.3) is 16.8 Å². The quantitative estimate of drug-likeness (QED) is 0.615. The first-order chi connectivity index (χ1) is 14.4. The first-order valence-electron chi connectivity index (χ1n) is 10.0. The number of aromatic nitrogens is 3. The average Bonchev–Trinajstić information content (AvgIpc) is 3.12. The lowest BCUT2D eigenvalue weighted by Crippen LogP contribution is -2.37. The van der Waals surface area contributed by atoms with Crippen molar-refractivity contribution < 1.29 is 17.9 Å². The summed E-state index contributed by atoms with van der Waals surface area (Å²) >= 11 is 0. The molecule has 9 heteroatoms. The Morgan fingerprint density at radius 2 is 1.87 bits per heavy atom. The van der Waals surface area contributed by atoms with Crippen LogP contribution >= 0.6 is 0 Å². The van der Waals surface area contributed by atoms with Crippen LogP contribution in [0, 0.1) is 6.92 Å². The van der Waals surface area contributed by atoms with Crippen molar-refractivity contribution in [2.75, 3.05) is 44.7 Å². The highest BCUT2D eigenvalue weighted by atomic mass is 19.4. The van der Waals surface area contributed by atoms with Gasteiger partial charge in [-0.05, 0) is 25.5 Å². The number of aryl methyl sites for hydroxylation is 1. The average molecular weight is 419 g/mol. The molecule has 6 nitrogen and oxygen atoms in total. The zero-order valence-corrected chi connectivity index (χ0v) is 16.7. The lowest BCUT2D eigenvalue weighted by atomic mass is 10.1. The van der Waals surface area contributed by atoms with E-state index in [1.807, 2.05) is 0 Å². The molecule has 1 fully saturated rings. The number of hydrogen-bond donors (Lipinski definition) is 1. The molecule has 1 aromatic carbocycles. The van der Waals surface area contributed by atoms with E-state index < -0.39 is 11.9 Å². The second-order valence-electron chi connectivity index (χ2n) is 7.34. The van der Waals surface area contributed by atoms with Crippen LogP contribution in [0.1, 0.15) is 17.8 Å². The molecule has 0 amide bonds.